The second-order valence-electron chi connectivity index (χ2n) is 5.77. The Morgan fingerprint density at radius 2 is 2.00 bits per heavy atom. The van der Waals surface area contributed by atoms with Crippen LogP contribution in [-0.2, 0) is 19.2 Å². The van der Waals surface area contributed by atoms with E-state index in [1.165, 1.54) is 19.4 Å². The number of hydrogen-bond acceptors (Lipinski definition) is 8. The Bertz CT molecular complexity index is 679. The predicted molar refractivity (Wildman–Crippen MR) is 90.8 cm³/mol. The van der Waals surface area contributed by atoms with E-state index in [4.69, 9.17) is 9.57 Å². The molecule has 0 fully saturated rings. The van der Waals surface area contributed by atoms with Crippen molar-refractivity contribution in [3.8, 4) is 0 Å². The Morgan fingerprint density at radius 3 is 2.52 bits per heavy atom. The number of aliphatic carboxylic acids is 1. The number of thiazole rings is 1. The summed E-state index contributed by atoms with van der Waals surface area (Å²) in [5.74, 6) is -1.85. The number of carbonyl (C=O) groups is 3. The van der Waals surface area contributed by atoms with Crippen LogP contribution in [0.15, 0.2) is 10.5 Å². The van der Waals surface area contributed by atoms with Crippen molar-refractivity contribution in [1.29, 1.82) is 0 Å². The van der Waals surface area contributed by atoms with Crippen LogP contribution in [0.2, 0.25) is 0 Å². The van der Waals surface area contributed by atoms with E-state index >= 15 is 0 Å². The molecule has 0 radical (unpaired) electrons. The quantitative estimate of drug-likeness (QED) is 0.507. The Hall–Kier alpha value is -2.69. The van der Waals surface area contributed by atoms with E-state index in [0.29, 0.717) is 0 Å². The van der Waals surface area contributed by atoms with Crippen LogP contribution in [0, 0.1) is 0 Å². The summed E-state index contributed by atoms with van der Waals surface area (Å²) in [4.78, 5) is 43.2. The minimum atomic E-state index is -1.39. The van der Waals surface area contributed by atoms with Crippen molar-refractivity contribution in [3.63, 3.8) is 0 Å². The van der Waals surface area contributed by atoms with Gasteiger partial charge in [-0.1, -0.05) is 5.16 Å². The Morgan fingerprint density at radius 1 is 1.36 bits per heavy atom. The van der Waals surface area contributed by atoms with Gasteiger partial charge in [-0.25, -0.2) is 14.6 Å². The highest BCUT2D eigenvalue weighted by Crippen LogP contribution is 2.18. The molecule has 25 heavy (non-hydrogen) atoms. The molecule has 1 unspecified atom stereocenters. The molecule has 1 aromatic rings. The number of aromatic nitrogens is 1. The SMILES string of the molecule is CNC(=O)C(C)O/N=C(/C(=O)O)c1csc(NC(=O)OC(C)(C)C)n1. The van der Waals surface area contributed by atoms with Gasteiger partial charge in [0.2, 0.25) is 11.8 Å². The van der Waals surface area contributed by atoms with Gasteiger partial charge in [0.1, 0.15) is 11.3 Å². The monoisotopic (exact) mass is 372 g/mol. The third kappa shape index (κ3) is 6.75. The molecule has 0 saturated carbocycles. The average Bonchev–Trinajstić information content (AvgIpc) is 2.91. The third-order valence-corrected chi connectivity index (χ3v) is 3.23. The van der Waals surface area contributed by atoms with Crippen molar-refractivity contribution in [3.05, 3.63) is 11.1 Å². The molecule has 0 aliphatic heterocycles. The minimum Gasteiger partial charge on any atom is -0.476 e. The van der Waals surface area contributed by atoms with Crippen molar-refractivity contribution in [2.24, 2.45) is 5.16 Å². The van der Waals surface area contributed by atoms with Crippen LogP contribution in [-0.4, -0.2) is 52.5 Å². The van der Waals surface area contributed by atoms with Crippen molar-refractivity contribution in [1.82, 2.24) is 10.3 Å². The molecular formula is C14H20N4O6S. The zero-order chi connectivity index (χ0) is 19.2. The Balaban J connectivity index is 2.86. The van der Waals surface area contributed by atoms with Gasteiger partial charge in [-0.05, 0) is 27.7 Å². The highest BCUT2D eigenvalue weighted by molar-refractivity contribution is 7.14. The standard InChI is InChI=1S/C14H20N4O6S/c1-7(10(19)15-5)24-18-9(11(20)21)8-6-25-12(16-8)17-13(22)23-14(2,3)4/h6-7H,1-5H3,(H,15,19)(H,20,21)(H,16,17,22)/b18-9+. The van der Waals surface area contributed by atoms with Gasteiger partial charge in [-0.2, -0.15) is 0 Å². The summed E-state index contributed by atoms with van der Waals surface area (Å²) in [5, 5.41) is 19.0. The van der Waals surface area contributed by atoms with E-state index in [-0.39, 0.29) is 10.8 Å². The average molecular weight is 372 g/mol. The lowest BCUT2D eigenvalue weighted by atomic mass is 10.2. The second kappa shape index (κ2) is 8.42. The number of oxime groups is 1. The fourth-order valence-electron chi connectivity index (χ4n) is 1.41. The van der Waals surface area contributed by atoms with E-state index in [0.717, 1.165) is 11.3 Å². The molecular weight excluding hydrogens is 352 g/mol. The van der Waals surface area contributed by atoms with Gasteiger partial charge in [0.05, 0.1) is 0 Å². The lowest BCUT2D eigenvalue weighted by Gasteiger charge is -2.18. The highest BCUT2D eigenvalue weighted by Gasteiger charge is 2.21. The molecule has 1 atom stereocenters. The Labute approximate surface area is 148 Å². The first-order valence-corrected chi connectivity index (χ1v) is 8.06. The number of nitrogens with one attached hydrogen (secondary N) is 2. The van der Waals surface area contributed by atoms with Gasteiger partial charge in [0.25, 0.3) is 5.91 Å². The van der Waals surface area contributed by atoms with Crippen molar-refractivity contribution in [2.75, 3.05) is 12.4 Å². The second-order valence-corrected chi connectivity index (χ2v) is 6.63. The number of nitrogens with zero attached hydrogens (tertiary/aromatic N) is 2. The van der Waals surface area contributed by atoms with Crippen molar-refractivity contribution in [2.45, 2.75) is 39.4 Å². The summed E-state index contributed by atoms with van der Waals surface area (Å²) in [6.45, 7) is 6.54. The smallest absolute Gasteiger partial charge is 0.413 e. The molecule has 0 bridgehead atoms. The van der Waals surface area contributed by atoms with Crippen LogP contribution in [0.25, 0.3) is 0 Å². The summed E-state index contributed by atoms with van der Waals surface area (Å²) in [5.41, 5.74) is -1.20. The van der Waals surface area contributed by atoms with Gasteiger partial charge in [-0.15, -0.1) is 11.3 Å². The number of likely N-dealkylation sites (N-methyl/N-ethyl adjacent to an activating group) is 1. The molecule has 138 valence electrons. The molecule has 0 aliphatic rings. The number of ether oxygens (including phenoxy) is 1. The lowest BCUT2D eigenvalue weighted by molar-refractivity contribution is -0.133. The van der Waals surface area contributed by atoms with Gasteiger partial charge >= 0.3 is 12.1 Å². The molecule has 2 amide bonds. The zero-order valence-corrected chi connectivity index (χ0v) is 15.3. The topological polar surface area (TPSA) is 139 Å². The molecule has 0 saturated heterocycles. The summed E-state index contributed by atoms with van der Waals surface area (Å²) < 4.78 is 5.08. The normalized spacial score (nSPS) is 12.9. The summed E-state index contributed by atoms with van der Waals surface area (Å²) >= 11 is 0.993. The fourth-order valence-corrected chi connectivity index (χ4v) is 2.09. The number of hydrogen-bond donors (Lipinski definition) is 3. The summed E-state index contributed by atoms with van der Waals surface area (Å²) in [6.07, 6.45) is -1.69. The first kappa shape index (κ1) is 20.4. The van der Waals surface area contributed by atoms with Gasteiger partial charge in [0.15, 0.2) is 5.13 Å². The van der Waals surface area contributed by atoms with Crippen LogP contribution in [0.4, 0.5) is 9.93 Å². The maximum Gasteiger partial charge on any atom is 0.413 e. The minimum absolute atomic E-state index is 0.0207. The summed E-state index contributed by atoms with van der Waals surface area (Å²) in [7, 11) is 1.42. The first-order chi connectivity index (χ1) is 11.5. The maximum atomic E-state index is 11.7. The largest absolute Gasteiger partial charge is 0.476 e. The van der Waals surface area contributed by atoms with Crippen LogP contribution >= 0.6 is 11.3 Å². The van der Waals surface area contributed by atoms with E-state index in [2.05, 4.69) is 20.8 Å². The molecule has 1 heterocycles. The third-order valence-electron chi connectivity index (χ3n) is 2.47. The van der Waals surface area contributed by atoms with Crippen LogP contribution < -0.4 is 10.6 Å². The van der Waals surface area contributed by atoms with Gasteiger partial charge < -0.3 is 20.0 Å². The number of rotatable bonds is 6. The van der Waals surface area contributed by atoms with E-state index in [9.17, 15) is 19.5 Å². The molecule has 0 aliphatic carbocycles. The van der Waals surface area contributed by atoms with Crippen LogP contribution in [0.3, 0.4) is 0 Å². The molecule has 1 rings (SSSR count). The van der Waals surface area contributed by atoms with E-state index in [1.807, 2.05) is 0 Å². The van der Waals surface area contributed by atoms with Gasteiger partial charge in [-0.3, -0.25) is 10.1 Å². The highest BCUT2D eigenvalue weighted by atomic mass is 32.1. The van der Waals surface area contributed by atoms with Crippen LogP contribution in [0.1, 0.15) is 33.4 Å². The number of anilines is 1. The molecule has 0 spiro atoms. The molecule has 3 N–H and O–H groups in total. The van der Waals surface area contributed by atoms with Crippen molar-refractivity contribution >= 4 is 40.1 Å². The first-order valence-electron chi connectivity index (χ1n) is 7.18. The van der Waals surface area contributed by atoms with E-state index < -0.39 is 35.4 Å². The number of carbonyl (C=O) groups excluding carboxylic acids is 2. The Kier molecular flexibility index (Phi) is 6.86. The predicted octanol–water partition coefficient (Wildman–Crippen LogP) is 1.43. The molecule has 10 nitrogen and oxygen atoms in total. The van der Waals surface area contributed by atoms with Crippen LogP contribution in [0.5, 0.6) is 0 Å². The molecule has 1 aromatic heterocycles. The van der Waals surface area contributed by atoms with Gasteiger partial charge in [0, 0.05) is 12.4 Å². The molecule has 11 heteroatoms. The lowest BCUT2D eigenvalue weighted by Crippen LogP contribution is -2.31. The summed E-state index contributed by atoms with van der Waals surface area (Å²) in [6, 6.07) is 0. The maximum absolute atomic E-state index is 11.7. The molecule has 0 aromatic carbocycles. The number of amides is 2. The zero-order valence-electron chi connectivity index (χ0n) is 14.4. The number of carboxylic acids is 1. The van der Waals surface area contributed by atoms with Crippen molar-refractivity contribution < 1.29 is 29.1 Å². The fraction of sp³-hybridized carbons (Fsp3) is 0.500. The number of carboxylic acid groups (broad SMARTS) is 1. The van der Waals surface area contributed by atoms with E-state index in [1.54, 1.807) is 20.8 Å².